The number of carbonyl (C=O) groups is 1. The van der Waals surface area contributed by atoms with Crippen LogP contribution >= 0.6 is 35.0 Å². The van der Waals surface area contributed by atoms with Gasteiger partial charge in [0.05, 0.1) is 6.04 Å². The van der Waals surface area contributed by atoms with Gasteiger partial charge in [0.2, 0.25) is 5.91 Å². The summed E-state index contributed by atoms with van der Waals surface area (Å²) in [7, 11) is 0. The van der Waals surface area contributed by atoms with Crippen molar-refractivity contribution in [3.63, 3.8) is 0 Å². The van der Waals surface area contributed by atoms with Crippen LogP contribution in [-0.4, -0.2) is 23.5 Å². The Morgan fingerprint density at radius 3 is 2.94 bits per heavy atom. The highest BCUT2D eigenvalue weighted by atomic mass is 127. The second-order valence-corrected chi connectivity index (χ2v) is 4.66. The summed E-state index contributed by atoms with van der Waals surface area (Å²) in [6.07, 6.45) is 1.72. The Morgan fingerprint density at radius 1 is 1.50 bits per heavy atom. The Hall–Kier alpha value is -0.400. The van der Waals surface area contributed by atoms with E-state index in [1.807, 2.05) is 18.2 Å². The standard InChI is InChI=1S/C10H12IN3O.ClH/c11-8-4-1-5-9(13-8)14-6-2-3-7(12)10(14)15;/h1,4-5,7H,2-3,6,12H2;1H/t7-;/m1./s1. The molecule has 2 N–H and O–H groups in total. The van der Waals surface area contributed by atoms with E-state index in [-0.39, 0.29) is 24.4 Å². The van der Waals surface area contributed by atoms with Crippen molar-refractivity contribution in [3.05, 3.63) is 21.9 Å². The topological polar surface area (TPSA) is 59.2 Å². The van der Waals surface area contributed by atoms with E-state index < -0.39 is 0 Å². The van der Waals surface area contributed by atoms with Crippen LogP contribution in [0.3, 0.4) is 0 Å². The number of amides is 1. The molecule has 2 heterocycles. The largest absolute Gasteiger partial charge is 0.320 e. The van der Waals surface area contributed by atoms with Crippen LogP contribution in [0.25, 0.3) is 0 Å². The highest BCUT2D eigenvalue weighted by molar-refractivity contribution is 14.1. The van der Waals surface area contributed by atoms with Gasteiger partial charge in [-0.1, -0.05) is 6.07 Å². The number of nitrogens with zero attached hydrogens (tertiary/aromatic N) is 2. The summed E-state index contributed by atoms with van der Waals surface area (Å²) in [6.45, 7) is 0.722. The molecule has 0 bridgehead atoms. The van der Waals surface area contributed by atoms with E-state index in [0.717, 1.165) is 23.1 Å². The molecule has 1 saturated heterocycles. The number of pyridine rings is 1. The molecule has 1 aliphatic rings. The van der Waals surface area contributed by atoms with Crippen molar-refractivity contribution in [1.29, 1.82) is 0 Å². The maximum atomic E-state index is 11.8. The third-order valence-electron chi connectivity index (χ3n) is 2.46. The van der Waals surface area contributed by atoms with E-state index in [1.165, 1.54) is 0 Å². The van der Waals surface area contributed by atoms with Crippen LogP contribution in [-0.2, 0) is 4.79 Å². The maximum Gasteiger partial charge on any atom is 0.245 e. The number of anilines is 1. The number of hydrogen-bond donors (Lipinski definition) is 1. The molecule has 0 aliphatic carbocycles. The van der Waals surface area contributed by atoms with Crippen LogP contribution in [0.4, 0.5) is 5.82 Å². The summed E-state index contributed by atoms with van der Waals surface area (Å²) in [5, 5.41) is 0. The molecular weight excluding hydrogens is 340 g/mol. The van der Waals surface area contributed by atoms with Crippen molar-refractivity contribution in [3.8, 4) is 0 Å². The molecule has 1 aliphatic heterocycles. The number of nitrogens with two attached hydrogens (primary N) is 1. The molecule has 2 rings (SSSR count). The summed E-state index contributed by atoms with van der Waals surface area (Å²) in [5.74, 6) is 0.692. The lowest BCUT2D eigenvalue weighted by Gasteiger charge is -2.29. The maximum absolute atomic E-state index is 11.8. The van der Waals surface area contributed by atoms with Crippen LogP contribution in [0.2, 0.25) is 0 Å². The molecule has 0 saturated carbocycles. The van der Waals surface area contributed by atoms with Crippen LogP contribution in [0, 0.1) is 3.70 Å². The Balaban J connectivity index is 0.00000128. The fraction of sp³-hybridized carbons (Fsp3) is 0.400. The summed E-state index contributed by atoms with van der Waals surface area (Å²) in [6, 6.07) is 5.28. The van der Waals surface area contributed by atoms with E-state index in [0.29, 0.717) is 5.82 Å². The molecule has 1 aromatic rings. The van der Waals surface area contributed by atoms with Gasteiger partial charge in [-0.25, -0.2) is 4.98 Å². The van der Waals surface area contributed by atoms with Crippen molar-refractivity contribution in [2.45, 2.75) is 18.9 Å². The first kappa shape index (κ1) is 13.7. The van der Waals surface area contributed by atoms with Gasteiger partial charge in [0.1, 0.15) is 9.52 Å². The summed E-state index contributed by atoms with van der Waals surface area (Å²) in [5.41, 5.74) is 5.72. The fourth-order valence-corrected chi connectivity index (χ4v) is 2.13. The molecule has 0 unspecified atom stereocenters. The molecule has 4 nitrogen and oxygen atoms in total. The Bertz CT molecular complexity index is 388. The predicted octanol–water partition coefficient (Wildman–Crippen LogP) is 1.56. The van der Waals surface area contributed by atoms with Gasteiger partial charge in [-0.15, -0.1) is 12.4 Å². The Labute approximate surface area is 114 Å². The molecule has 0 spiro atoms. The van der Waals surface area contributed by atoms with Crippen LogP contribution in [0.5, 0.6) is 0 Å². The van der Waals surface area contributed by atoms with Gasteiger partial charge in [0.15, 0.2) is 0 Å². The molecule has 1 atom stereocenters. The fourth-order valence-electron chi connectivity index (χ4n) is 1.68. The van der Waals surface area contributed by atoms with E-state index in [1.54, 1.807) is 4.90 Å². The highest BCUT2D eigenvalue weighted by Gasteiger charge is 2.27. The van der Waals surface area contributed by atoms with Crippen LogP contribution in [0.15, 0.2) is 18.2 Å². The molecule has 6 heteroatoms. The smallest absolute Gasteiger partial charge is 0.245 e. The van der Waals surface area contributed by atoms with Crippen molar-refractivity contribution in [1.82, 2.24) is 4.98 Å². The van der Waals surface area contributed by atoms with Crippen molar-refractivity contribution in [2.75, 3.05) is 11.4 Å². The summed E-state index contributed by atoms with van der Waals surface area (Å²) >= 11 is 2.13. The zero-order chi connectivity index (χ0) is 10.8. The van der Waals surface area contributed by atoms with Gasteiger partial charge in [0, 0.05) is 6.54 Å². The quantitative estimate of drug-likeness (QED) is 0.616. The lowest BCUT2D eigenvalue weighted by Crippen LogP contribution is -2.48. The van der Waals surface area contributed by atoms with E-state index in [4.69, 9.17) is 5.73 Å². The number of carbonyl (C=O) groups excluding carboxylic acids is 1. The van der Waals surface area contributed by atoms with Gasteiger partial charge >= 0.3 is 0 Å². The number of rotatable bonds is 1. The minimum absolute atomic E-state index is 0. The van der Waals surface area contributed by atoms with Gasteiger partial charge < -0.3 is 5.73 Å². The minimum atomic E-state index is -0.363. The van der Waals surface area contributed by atoms with Crippen molar-refractivity contribution < 1.29 is 4.79 Å². The molecular formula is C10H13ClIN3O. The second kappa shape index (κ2) is 5.79. The number of aromatic nitrogens is 1. The van der Waals surface area contributed by atoms with Gasteiger partial charge in [0.25, 0.3) is 0 Å². The van der Waals surface area contributed by atoms with Gasteiger partial charge in [-0.2, -0.15) is 0 Å². The zero-order valence-corrected chi connectivity index (χ0v) is 11.6. The molecule has 1 amide bonds. The average molecular weight is 354 g/mol. The molecule has 16 heavy (non-hydrogen) atoms. The first-order chi connectivity index (χ1) is 7.18. The number of halogens is 2. The molecule has 1 aromatic heterocycles. The van der Waals surface area contributed by atoms with Crippen molar-refractivity contribution >= 4 is 46.7 Å². The van der Waals surface area contributed by atoms with Crippen molar-refractivity contribution in [2.24, 2.45) is 5.73 Å². The first-order valence-electron chi connectivity index (χ1n) is 4.88. The van der Waals surface area contributed by atoms with E-state index in [9.17, 15) is 4.79 Å². The number of piperidine rings is 1. The third kappa shape index (κ3) is 2.83. The normalized spacial score (nSPS) is 20.5. The second-order valence-electron chi connectivity index (χ2n) is 3.56. The average Bonchev–Trinajstić information content (AvgIpc) is 2.22. The monoisotopic (exact) mass is 353 g/mol. The third-order valence-corrected chi connectivity index (χ3v) is 3.06. The molecule has 0 radical (unpaired) electrons. The summed E-state index contributed by atoms with van der Waals surface area (Å²) < 4.78 is 0.886. The molecule has 88 valence electrons. The van der Waals surface area contributed by atoms with E-state index >= 15 is 0 Å². The molecule has 1 fully saturated rings. The zero-order valence-electron chi connectivity index (χ0n) is 8.60. The summed E-state index contributed by atoms with van der Waals surface area (Å²) in [4.78, 5) is 17.8. The van der Waals surface area contributed by atoms with Crippen LogP contribution in [0.1, 0.15) is 12.8 Å². The Morgan fingerprint density at radius 2 is 2.25 bits per heavy atom. The lowest BCUT2D eigenvalue weighted by molar-refractivity contribution is -0.120. The van der Waals surface area contributed by atoms with E-state index in [2.05, 4.69) is 27.6 Å². The predicted molar refractivity (Wildman–Crippen MR) is 73.8 cm³/mol. The lowest BCUT2D eigenvalue weighted by atomic mass is 10.1. The Kier molecular flexibility index (Phi) is 4.94. The highest BCUT2D eigenvalue weighted by Crippen LogP contribution is 2.18. The SMILES string of the molecule is Cl.N[C@@H]1CCCN(c2cccc(I)n2)C1=O. The van der Waals surface area contributed by atoms with Crippen LogP contribution < -0.4 is 10.6 Å². The number of hydrogen-bond acceptors (Lipinski definition) is 3. The first-order valence-corrected chi connectivity index (χ1v) is 5.96. The van der Waals surface area contributed by atoms with Gasteiger partial charge in [-0.05, 0) is 47.6 Å². The van der Waals surface area contributed by atoms with Gasteiger partial charge in [-0.3, -0.25) is 9.69 Å². The molecule has 0 aromatic carbocycles. The minimum Gasteiger partial charge on any atom is -0.320 e.